The zero-order valence-corrected chi connectivity index (χ0v) is 10.1. The molecule has 2 heterocycles. The highest BCUT2D eigenvalue weighted by atomic mass is 16.5. The lowest BCUT2D eigenvalue weighted by Gasteiger charge is -2.08. The van der Waals surface area contributed by atoms with Gasteiger partial charge in [0.25, 0.3) is 0 Å². The SMILES string of the molecule is CC.COC(=O)C(O)c1ccc2nccn2c1. The fourth-order valence-electron chi connectivity index (χ4n) is 1.35. The van der Waals surface area contributed by atoms with Crippen molar-refractivity contribution in [3.8, 4) is 0 Å². The first-order chi connectivity index (χ1) is 8.22. The first kappa shape index (κ1) is 13.2. The van der Waals surface area contributed by atoms with E-state index in [1.165, 1.54) is 7.11 Å². The Bertz CT molecular complexity index is 493. The molecule has 2 aromatic rings. The van der Waals surface area contributed by atoms with E-state index in [-0.39, 0.29) is 0 Å². The number of hydrogen-bond donors (Lipinski definition) is 1. The van der Waals surface area contributed by atoms with Gasteiger partial charge in [0.15, 0.2) is 6.10 Å². The molecule has 1 N–H and O–H groups in total. The van der Waals surface area contributed by atoms with Crippen molar-refractivity contribution in [3.63, 3.8) is 0 Å². The number of aliphatic hydroxyl groups excluding tert-OH is 1. The van der Waals surface area contributed by atoms with Crippen molar-refractivity contribution in [2.75, 3.05) is 7.11 Å². The fourth-order valence-corrected chi connectivity index (χ4v) is 1.35. The lowest BCUT2D eigenvalue weighted by molar-refractivity contribution is -0.150. The third kappa shape index (κ3) is 2.82. The number of esters is 1. The van der Waals surface area contributed by atoms with Crippen molar-refractivity contribution >= 4 is 11.6 Å². The first-order valence-electron chi connectivity index (χ1n) is 5.41. The van der Waals surface area contributed by atoms with Crippen LogP contribution in [-0.4, -0.2) is 27.6 Å². The number of rotatable bonds is 2. The summed E-state index contributed by atoms with van der Waals surface area (Å²) in [5.41, 5.74) is 1.24. The van der Waals surface area contributed by atoms with Crippen LogP contribution in [-0.2, 0) is 9.53 Å². The van der Waals surface area contributed by atoms with Crippen molar-refractivity contribution in [1.29, 1.82) is 0 Å². The highest BCUT2D eigenvalue weighted by molar-refractivity contribution is 5.76. The van der Waals surface area contributed by atoms with Gasteiger partial charge in [-0.1, -0.05) is 19.9 Å². The van der Waals surface area contributed by atoms with Crippen molar-refractivity contribution < 1.29 is 14.6 Å². The molecule has 0 aliphatic carbocycles. The maximum atomic E-state index is 11.1. The van der Waals surface area contributed by atoms with Crippen molar-refractivity contribution in [2.24, 2.45) is 0 Å². The Kier molecular flexibility index (Phi) is 4.66. The number of fused-ring (bicyclic) bond motifs is 1. The van der Waals surface area contributed by atoms with E-state index in [1.807, 2.05) is 13.8 Å². The van der Waals surface area contributed by atoms with Gasteiger partial charge in [-0.25, -0.2) is 9.78 Å². The molecule has 2 rings (SSSR count). The number of ether oxygens (including phenoxy) is 1. The van der Waals surface area contributed by atoms with E-state index in [4.69, 9.17) is 0 Å². The maximum absolute atomic E-state index is 11.1. The summed E-state index contributed by atoms with van der Waals surface area (Å²) in [4.78, 5) is 15.1. The molecule has 17 heavy (non-hydrogen) atoms. The molecule has 1 unspecified atom stereocenters. The Morgan fingerprint density at radius 3 is 2.82 bits per heavy atom. The second-order valence-electron chi connectivity index (χ2n) is 3.08. The zero-order chi connectivity index (χ0) is 12.8. The summed E-state index contributed by atoms with van der Waals surface area (Å²) in [5, 5.41) is 9.58. The van der Waals surface area contributed by atoms with Gasteiger partial charge in [-0.2, -0.15) is 0 Å². The van der Waals surface area contributed by atoms with E-state index in [0.29, 0.717) is 5.56 Å². The molecule has 0 saturated heterocycles. The normalized spacial score (nSPS) is 11.5. The van der Waals surface area contributed by atoms with Gasteiger partial charge in [-0.05, 0) is 6.07 Å². The van der Waals surface area contributed by atoms with Crippen LogP contribution in [0.1, 0.15) is 25.5 Å². The third-order valence-electron chi connectivity index (χ3n) is 2.15. The minimum atomic E-state index is -1.25. The quantitative estimate of drug-likeness (QED) is 0.804. The smallest absolute Gasteiger partial charge is 0.339 e. The van der Waals surface area contributed by atoms with Crippen molar-refractivity contribution in [1.82, 2.24) is 9.38 Å². The molecule has 0 fully saturated rings. The van der Waals surface area contributed by atoms with E-state index in [2.05, 4.69) is 9.72 Å². The number of aliphatic hydroxyl groups is 1. The van der Waals surface area contributed by atoms with Gasteiger partial charge in [0.2, 0.25) is 0 Å². The number of methoxy groups -OCH3 is 1. The molecule has 0 radical (unpaired) electrons. The van der Waals surface area contributed by atoms with E-state index in [9.17, 15) is 9.90 Å². The fraction of sp³-hybridized carbons (Fsp3) is 0.333. The van der Waals surface area contributed by atoms with Gasteiger partial charge >= 0.3 is 5.97 Å². The van der Waals surface area contributed by atoms with Crippen LogP contribution in [0.5, 0.6) is 0 Å². The van der Waals surface area contributed by atoms with Gasteiger partial charge < -0.3 is 14.2 Å². The largest absolute Gasteiger partial charge is 0.467 e. The Hall–Kier alpha value is -1.88. The minimum Gasteiger partial charge on any atom is -0.467 e. The lowest BCUT2D eigenvalue weighted by atomic mass is 10.1. The van der Waals surface area contributed by atoms with Gasteiger partial charge in [0.1, 0.15) is 5.65 Å². The van der Waals surface area contributed by atoms with Crippen LogP contribution in [0.4, 0.5) is 0 Å². The second-order valence-corrected chi connectivity index (χ2v) is 3.08. The summed E-state index contributed by atoms with van der Waals surface area (Å²) in [6, 6.07) is 3.37. The molecule has 0 aliphatic heterocycles. The molecule has 0 bridgehead atoms. The predicted molar refractivity (Wildman–Crippen MR) is 63.5 cm³/mol. The summed E-state index contributed by atoms with van der Waals surface area (Å²) in [7, 11) is 1.24. The Balaban J connectivity index is 0.000000686. The van der Waals surface area contributed by atoms with Gasteiger partial charge in [0, 0.05) is 24.2 Å². The number of aromatic nitrogens is 2. The highest BCUT2D eigenvalue weighted by Crippen LogP contribution is 2.14. The molecule has 1 atom stereocenters. The molecule has 0 aromatic carbocycles. The van der Waals surface area contributed by atoms with E-state index >= 15 is 0 Å². The van der Waals surface area contributed by atoms with Crippen LogP contribution in [0.25, 0.3) is 5.65 Å². The van der Waals surface area contributed by atoms with E-state index in [1.54, 1.807) is 35.1 Å². The van der Waals surface area contributed by atoms with Gasteiger partial charge in [-0.15, -0.1) is 0 Å². The molecule has 0 aliphatic rings. The van der Waals surface area contributed by atoms with Crippen LogP contribution < -0.4 is 0 Å². The summed E-state index contributed by atoms with van der Waals surface area (Å²) < 4.78 is 6.17. The molecule has 0 saturated carbocycles. The van der Waals surface area contributed by atoms with Crippen LogP contribution >= 0.6 is 0 Å². The summed E-state index contributed by atoms with van der Waals surface area (Å²) in [6.07, 6.45) is 3.78. The number of imidazole rings is 1. The Morgan fingerprint density at radius 1 is 1.47 bits per heavy atom. The Morgan fingerprint density at radius 2 is 2.18 bits per heavy atom. The second kappa shape index (κ2) is 6.00. The monoisotopic (exact) mass is 236 g/mol. The first-order valence-corrected chi connectivity index (χ1v) is 5.41. The molecule has 92 valence electrons. The average molecular weight is 236 g/mol. The molecule has 5 nitrogen and oxygen atoms in total. The molecular formula is C12H16N2O3. The molecule has 0 amide bonds. The summed E-state index contributed by atoms with van der Waals surface area (Å²) in [6.45, 7) is 4.00. The van der Waals surface area contributed by atoms with E-state index in [0.717, 1.165) is 5.65 Å². The number of nitrogens with zero attached hydrogens (tertiary/aromatic N) is 2. The third-order valence-corrected chi connectivity index (χ3v) is 2.15. The maximum Gasteiger partial charge on any atom is 0.339 e. The van der Waals surface area contributed by atoms with Crippen LogP contribution in [0.2, 0.25) is 0 Å². The summed E-state index contributed by atoms with van der Waals surface area (Å²) >= 11 is 0. The number of pyridine rings is 1. The lowest BCUT2D eigenvalue weighted by Crippen LogP contribution is -2.13. The average Bonchev–Trinajstić information content (AvgIpc) is 2.86. The standard InChI is InChI=1S/C10H10N2O3.C2H6/c1-15-10(14)9(13)7-2-3-8-11-4-5-12(8)6-7;1-2/h2-6,9,13H,1H3;1-2H3. The molecule has 5 heteroatoms. The predicted octanol–water partition coefficient (Wildman–Crippen LogP) is 1.57. The number of carbonyl (C=O) groups is 1. The van der Waals surface area contributed by atoms with Crippen molar-refractivity contribution in [3.05, 3.63) is 36.3 Å². The van der Waals surface area contributed by atoms with E-state index < -0.39 is 12.1 Å². The van der Waals surface area contributed by atoms with Crippen LogP contribution in [0, 0.1) is 0 Å². The van der Waals surface area contributed by atoms with Gasteiger partial charge in [0.05, 0.1) is 7.11 Å². The van der Waals surface area contributed by atoms with Crippen LogP contribution in [0.15, 0.2) is 30.7 Å². The van der Waals surface area contributed by atoms with Gasteiger partial charge in [-0.3, -0.25) is 0 Å². The minimum absolute atomic E-state index is 0.479. The molecule has 0 spiro atoms. The van der Waals surface area contributed by atoms with Crippen LogP contribution in [0.3, 0.4) is 0 Å². The number of carbonyl (C=O) groups excluding carboxylic acids is 1. The van der Waals surface area contributed by atoms with Crippen molar-refractivity contribution in [2.45, 2.75) is 20.0 Å². The number of hydrogen-bond acceptors (Lipinski definition) is 4. The Labute approximate surface area is 99.7 Å². The highest BCUT2D eigenvalue weighted by Gasteiger charge is 2.17. The zero-order valence-electron chi connectivity index (χ0n) is 10.1. The molecular weight excluding hydrogens is 220 g/mol. The summed E-state index contributed by atoms with van der Waals surface area (Å²) in [5.74, 6) is -0.672. The molecule has 2 aromatic heterocycles. The topological polar surface area (TPSA) is 63.8 Å².